The molecule has 1 atom stereocenters. The van der Waals surface area contributed by atoms with E-state index in [-0.39, 0.29) is 25.4 Å². The van der Waals surface area contributed by atoms with Gasteiger partial charge < -0.3 is 19.8 Å². The lowest BCUT2D eigenvalue weighted by molar-refractivity contribution is -0.0945. The third-order valence-electron chi connectivity index (χ3n) is 4.85. The topological polar surface area (TPSA) is 101 Å². The Balaban J connectivity index is 1.69. The van der Waals surface area contributed by atoms with Crippen molar-refractivity contribution in [1.29, 1.82) is 0 Å². The van der Waals surface area contributed by atoms with Crippen LogP contribution in [-0.4, -0.2) is 63.0 Å². The molecule has 2 N–H and O–H groups in total. The van der Waals surface area contributed by atoms with Gasteiger partial charge in [0.15, 0.2) is 5.76 Å². The number of nitrogens with zero attached hydrogens (tertiary/aromatic N) is 3. The van der Waals surface area contributed by atoms with Crippen molar-refractivity contribution in [2.45, 2.75) is 13.0 Å². The Bertz CT molecular complexity index is 876. The highest BCUT2D eigenvalue weighted by Gasteiger charge is 2.32. The number of halogens is 1. The van der Waals surface area contributed by atoms with Gasteiger partial charge in [-0.2, -0.15) is 0 Å². The van der Waals surface area contributed by atoms with E-state index in [2.05, 4.69) is 0 Å². The SMILES string of the molecule is CCN(CCN(OC)C(=O)c1ccco1)c1ccc(N2C[C@H](CN)OC2=O)cc1F. The van der Waals surface area contributed by atoms with Crippen molar-refractivity contribution >= 4 is 23.4 Å². The average Bonchev–Trinajstić information content (AvgIpc) is 3.41. The van der Waals surface area contributed by atoms with Gasteiger partial charge in [-0.15, -0.1) is 0 Å². The van der Waals surface area contributed by atoms with E-state index in [0.29, 0.717) is 24.5 Å². The lowest BCUT2D eigenvalue weighted by atomic mass is 10.2. The molecule has 9 nitrogen and oxygen atoms in total. The summed E-state index contributed by atoms with van der Waals surface area (Å²) in [5.74, 6) is -0.750. The molecule has 2 heterocycles. The van der Waals surface area contributed by atoms with E-state index < -0.39 is 23.9 Å². The molecular formula is C20H25FN4O5. The van der Waals surface area contributed by atoms with E-state index in [1.807, 2.05) is 6.92 Å². The van der Waals surface area contributed by atoms with Crippen molar-refractivity contribution in [2.24, 2.45) is 5.73 Å². The molecule has 2 amide bonds. The summed E-state index contributed by atoms with van der Waals surface area (Å²) in [6.45, 7) is 3.39. The van der Waals surface area contributed by atoms with E-state index in [1.54, 1.807) is 29.2 Å². The standard InChI is InChI=1S/C20H25FN4O5/c1-3-23(8-9-25(28-2)19(26)18-5-4-10-29-18)17-7-6-14(11-16(17)21)24-13-15(12-22)30-20(24)27/h4-7,10-11,15H,3,8-9,12-13,22H2,1-2H3/t15-/m0/s1. The Labute approximate surface area is 173 Å². The van der Waals surface area contributed by atoms with Crippen LogP contribution < -0.4 is 15.5 Å². The molecule has 10 heteroatoms. The van der Waals surface area contributed by atoms with Crippen LogP contribution in [0.1, 0.15) is 17.5 Å². The van der Waals surface area contributed by atoms with Gasteiger partial charge in [-0.1, -0.05) is 0 Å². The van der Waals surface area contributed by atoms with Crippen LogP contribution >= 0.6 is 0 Å². The summed E-state index contributed by atoms with van der Waals surface area (Å²) in [7, 11) is 1.39. The van der Waals surface area contributed by atoms with Gasteiger partial charge in [0.1, 0.15) is 11.9 Å². The fourth-order valence-corrected chi connectivity index (χ4v) is 3.23. The second-order valence-electron chi connectivity index (χ2n) is 6.63. The Morgan fingerprint density at radius 1 is 1.37 bits per heavy atom. The third-order valence-corrected chi connectivity index (χ3v) is 4.85. The minimum absolute atomic E-state index is 0.156. The molecule has 1 saturated heterocycles. The number of rotatable bonds is 9. The summed E-state index contributed by atoms with van der Waals surface area (Å²) in [6.07, 6.45) is 0.457. The average molecular weight is 420 g/mol. The summed E-state index contributed by atoms with van der Waals surface area (Å²) < 4.78 is 25.1. The number of cyclic esters (lactones) is 1. The van der Waals surface area contributed by atoms with E-state index in [4.69, 9.17) is 19.7 Å². The number of carbonyl (C=O) groups is 2. The first-order valence-corrected chi connectivity index (χ1v) is 9.60. The zero-order valence-corrected chi connectivity index (χ0v) is 16.9. The molecular weight excluding hydrogens is 395 g/mol. The summed E-state index contributed by atoms with van der Waals surface area (Å²) >= 11 is 0. The first-order chi connectivity index (χ1) is 14.5. The van der Waals surface area contributed by atoms with Crippen LogP contribution in [0.2, 0.25) is 0 Å². The van der Waals surface area contributed by atoms with Crippen LogP contribution in [0.3, 0.4) is 0 Å². The number of benzene rings is 1. The van der Waals surface area contributed by atoms with Gasteiger partial charge in [0, 0.05) is 19.6 Å². The number of nitrogens with two attached hydrogens (primary N) is 1. The quantitative estimate of drug-likeness (QED) is 0.621. The normalized spacial score (nSPS) is 15.9. The summed E-state index contributed by atoms with van der Waals surface area (Å²) in [4.78, 5) is 32.6. The number of anilines is 2. The van der Waals surface area contributed by atoms with Crippen molar-refractivity contribution in [3.63, 3.8) is 0 Å². The Hall–Kier alpha value is -3.11. The van der Waals surface area contributed by atoms with Gasteiger partial charge in [0.25, 0.3) is 0 Å². The first kappa shape index (κ1) is 21.6. The molecule has 0 radical (unpaired) electrons. The minimum Gasteiger partial charge on any atom is -0.459 e. The zero-order valence-electron chi connectivity index (χ0n) is 16.9. The van der Waals surface area contributed by atoms with Crippen LogP contribution in [0.15, 0.2) is 41.0 Å². The van der Waals surface area contributed by atoms with Gasteiger partial charge in [0.05, 0.1) is 37.8 Å². The molecule has 0 aliphatic carbocycles. The second-order valence-corrected chi connectivity index (χ2v) is 6.63. The number of likely N-dealkylation sites (N-methyl/N-ethyl adjacent to an activating group) is 1. The van der Waals surface area contributed by atoms with Crippen molar-refractivity contribution < 1.29 is 28.0 Å². The fraction of sp³-hybridized carbons (Fsp3) is 0.400. The monoisotopic (exact) mass is 420 g/mol. The Morgan fingerprint density at radius 3 is 2.73 bits per heavy atom. The number of hydrogen-bond acceptors (Lipinski definition) is 7. The molecule has 1 aliphatic heterocycles. The van der Waals surface area contributed by atoms with E-state index >= 15 is 0 Å². The molecule has 0 spiro atoms. The molecule has 3 rings (SSSR count). The maximum atomic E-state index is 14.9. The lowest BCUT2D eigenvalue weighted by Gasteiger charge is -2.27. The van der Waals surface area contributed by atoms with Gasteiger partial charge in [-0.25, -0.2) is 14.2 Å². The maximum absolute atomic E-state index is 14.9. The Kier molecular flexibility index (Phi) is 6.91. The number of amides is 2. The molecule has 0 unspecified atom stereocenters. The first-order valence-electron chi connectivity index (χ1n) is 9.60. The molecule has 0 bridgehead atoms. The minimum atomic E-state index is -0.544. The lowest BCUT2D eigenvalue weighted by Crippen LogP contribution is -2.38. The summed E-state index contributed by atoms with van der Waals surface area (Å²) in [6, 6.07) is 7.71. The number of hydroxylamine groups is 2. The van der Waals surface area contributed by atoms with Crippen molar-refractivity contribution in [3.8, 4) is 0 Å². The molecule has 1 fully saturated rings. The van der Waals surface area contributed by atoms with Crippen LogP contribution in [0.4, 0.5) is 20.6 Å². The molecule has 1 aromatic heterocycles. The molecule has 30 heavy (non-hydrogen) atoms. The van der Waals surface area contributed by atoms with Gasteiger partial charge in [-0.05, 0) is 37.3 Å². The highest BCUT2D eigenvalue weighted by Crippen LogP contribution is 2.28. The van der Waals surface area contributed by atoms with Crippen molar-refractivity contribution in [3.05, 3.63) is 48.2 Å². The summed E-state index contributed by atoms with van der Waals surface area (Å²) in [5.41, 5.74) is 6.30. The molecule has 1 aromatic carbocycles. The van der Waals surface area contributed by atoms with Crippen LogP contribution in [0, 0.1) is 5.82 Å². The van der Waals surface area contributed by atoms with E-state index in [1.165, 1.54) is 24.3 Å². The highest BCUT2D eigenvalue weighted by molar-refractivity contribution is 5.91. The molecule has 0 saturated carbocycles. The van der Waals surface area contributed by atoms with Crippen LogP contribution in [-0.2, 0) is 9.57 Å². The largest absolute Gasteiger partial charge is 0.459 e. The fourth-order valence-electron chi connectivity index (χ4n) is 3.23. The number of furan rings is 1. The maximum Gasteiger partial charge on any atom is 0.414 e. The van der Waals surface area contributed by atoms with E-state index in [0.717, 1.165) is 5.06 Å². The molecule has 162 valence electrons. The van der Waals surface area contributed by atoms with Crippen molar-refractivity contribution in [2.75, 3.05) is 49.6 Å². The third kappa shape index (κ3) is 4.55. The second kappa shape index (κ2) is 9.59. The Morgan fingerprint density at radius 2 is 2.17 bits per heavy atom. The highest BCUT2D eigenvalue weighted by atomic mass is 19.1. The van der Waals surface area contributed by atoms with Crippen molar-refractivity contribution in [1.82, 2.24) is 5.06 Å². The zero-order chi connectivity index (χ0) is 21.7. The van der Waals surface area contributed by atoms with Gasteiger partial charge in [-0.3, -0.25) is 14.5 Å². The van der Waals surface area contributed by atoms with Crippen LogP contribution in [0.5, 0.6) is 0 Å². The molecule has 2 aromatic rings. The summed E-state index contributed by atoms with van der Waals surface area (Å²) in [5, 5.41) is 1.15. The van der Waals surface area contributed by atoms with Crippen LogP contribution in [0.25, 0.3) is 0 Å². The smallest absolute Gasteiger partial charge is 0.414 e. The molecule has 1 aliphatic rings. The van der Waals surface area contributed by atoms with Gasteiger partial charge >= 0.3 is 12.0 Å². The predicted molar refractivity (Wildman–Crippen MR) is 108 cm³/mol. The number of ether oxygens (including phenoxy) is 1. The predicted octanol–water partition coefficient (Wildman–Crippen LogP) is 2.23. The van der Waals surface area contributed by atoms with E-state index in [9.17, 15) is 14.0 Å². The number of carbonyl (C=O) groups excluding carboxylic acids is 2. The van der Waals surface area contributed by atoms with Gasteiger partial charge in [0.2, 0.25) is 0 Å². The number of hydrogen-bond donors (Lipinski definition) is 1.